The van der Waals surface area contributed by atoms with E-state index in [9.17, 15) is 0 Å². The molecular formula is C19H30N2. The number of benzene rings is 1. The molecule has 2 aliphatic rings. The number of fused-ring (bicyclic) bond motifs is 1. The molecule has 3 rings (SSSR count). The van der Waals surface area contributed by atoms with E-state index < -0.39 is 0 Å². The van der Waals surface area contributed by atoms with Crippen molar-refractivity contribution in [3.05, 3.63) is 34.9 Å². The predicted molar refractivity (Wildman–Crippen MR) is 89.7 cm³/mol. The fourth-order valence-electron chi connectivity index (χ4n) is 3.83. The van der Waals surface area contributed by atoms with Crippen LogP contribution in [-0.4, -0.2) is 31.6 Å². The molecule has 1 saturated heterocycles. The molecule has 1 atom stereocenters. The van der Waals surface area contributed by atoms with Gasteiger partial charge in [-0.2, -0.15) is 0 Å². The van der Waals surface area contributed by atoms with Crippen LogP contribution in [0.25, 0.3) is 0 Å². The third-order valence-corrected chi connectivity index (χ3v) is 5.46. The summed E-state index contributed by atoms with van der Waals surface area (Å²) in [5.74, 6) is 0.931. The maximum Gasteiger partial charge on any atom is 0.0291 e. The summed E-state index contributed by atoms with van der Waals surface area (Å²) < 4.78 is 0. The van der Waals surface area contributed by atoms with Crippen LogP contribution >= 0.6 is 0 Å². The number of rotatable bonds is 5. The van der Waals surface area contributed by atoms with Crippen LogP contribution in [0.2, 0.25) is 0 Å². The Morgan fingerprint density at radius 1 is 1.19 bits per heavy atom. The Balaban J connectivity index is 1.45. The van der Waals surface area contributed by atoms with Crippen LogP contribution in [0.3, 0.4) is 0 Å². The van der Waals surface area contributed by atoms with Gasteiger partial charge in [0.1, 0.15) is 0 Å². The second-order valence-electron chi connectivity index (χ2n) is 7.09. The zero-order valence-electron chi connectivity index (χ0n) is 13.7. The fraction of sp³-hybridized carbons (Fsp3) is 0.684. The molecular weight excluding hydrogens is 256 g/mol. The van der Waals surface area contributed by atoms with Gasteiger partial charge in [-0.25, -0.2) is 0 Å². The summed E-state index contributed by atoms with van der Waals surface area (Å²) in [6.07, 6.45) is 8.01. The van der Waals surface area contributed by atoms with Crippen molar-refractivity contribution in [1.82, 2.24) is 10.2 Å². The summed E-state index contributed by atoms with van der Waals surface area (Å²) in [7, 11) is 2.24. The molecule has 0 spiro atoms. The maximum atomic E-state index is 3.73. The van der Waals surface area contributed by atoms with Gasteiger partial charge in [0.15, 0.2) is 0 Å². The highest BCUT2D eigenvalue weighted by atomic mass is 15.1. The Morgan fingerprint density at radius 2 is 1.95 bits per heavy atom. The lowest BCUT2D eigenvalue weighted by Crippen LogP contribution is -2.32. The van der Waals surface area contributed by atoms with Crippen LogP contribution < -0.4 is 5.32 Å². The number of nitrogens with zero attached hydrogens (tertiary/aromatic N) is 1. The van der Waals surface area contributed by atoms with Crippen LogP contribution in [0.15, 0.2) is 18.2 Å². The summed E-state index contributed by atoms with van der Waals surface area (Å²) in [4.78, 5) is 2.46. The average Bonchev–Trinajstić information content (AvgIpc) is 2.96. The normalized spacial score (nSPS) is 21.4. The SMILES string of the molecule is CC(NCCC1CCN(C)CC1)c1ccc2c(c1)CCC2. The topological polar surface area (TPSA) is 15.3 Å². The lowest BCUT2D eigenvalue weighted by molar-refractivity contribution is 0.211. The Kier molecular flexibility index (Phi) is 4.97. The lowest BCUT2D eigenvalue weighted by Gasteiger charge is -2.29. The number of piperidine rings is 1. The highest BCUT2D eigenvalue weighted by Gasteiger charge is 2.17. The minimum absolute atomic E-state index is 0.488. The Morgan fingerprint density at radius 3 is 2.76 bits per heavy atom. The molecule has 21 heavy (non-hydrogen) atoms. The first-order valence-corrected chi connectivity index (χ1v) is 8.76. The van der Waals surface area contributed by atoms with Gasteiger partial charge in [0.25, 0.3) is 0 Å². The first-order chi connectivity index (χ1) is 10.2. The number of aryl methyl sites for hydroxylation is 2. The molecule has 0 saturated carbocycles. The van der Waals surface area contributed by atoms with Gasteiger partial charge in [0.2, 0.25) is 0 Å². The monoisotopic (exact) mass is 286 g/mol. The van der Waals surface area contributed by atoms with E-state index in [1.807, 2.05) is 0 Å². The van der Waals surface area contributed by atoms with Crippen LogP contribution in [0, 0.1) is 5.92 Å². The average molecular weight is 286 g/mol. The Hall–Kier alpha value is -0.860. The number of likely N-dealkylation sites (tertiary alicyclic amines) is 1. The van der Waals surface area contributed by atoms with E-state index in [2.05, 4.69) is 42.4 Å². The molecule has 2 nitrogen and oxygen atoms in total. The molecule has 2 heteroatoms. The first kappa shape index (κ1) is 15.1. The lowest BCUT2D eigenvalue weighted by atomic mass is 9.93. The summed E-state index contributed by atoms with van der Waals surface area (Å²) in [6.45, 7) is 6.04. The summed E-state index contributed by atoms with van der Waals surface area (Å²) in [5.41, 5.74) is 4.65. The van der Waals surface area contributed by atoms with Gasteiger partial charge < -0.3 is 10.2 Å². The van der Waals surface area contributed by atoms with Gasteiger partial charge in [-0.1, -0.05) is 18.2 Å². The van der Waals surface area contributed by atoms with Gasteiger partial charge >= 0.3 is 0 Å². The van der Waals surface area contributed by atoms with E-state index in [0.29, 0.717) is 6.04 Å². The van der Waals surface area contributed by atoms with Crippen molar-refractivity contribution in [1.29, 1.82) is 0 Å². The van der Waals surface area contributed by atoms with Gasteiger partial charge in [0, 0.05) is 6.04 Å². The predicted octanol–water partition coefficient (Wildman–Crippen LogP) is 3.56. The number of nitrogens with one attached hydrogen (secondary N) is 1. The van der Waals surface area contributed by atoms with Crippen molar-refractivity contribution in [2.75, 3.05) is 26.7 Å². The van der Waals surface area contributed by atoms with Crippen LogP contribution in [0.1, 0.15) is 55.3 Å². The molecule has 1 aliphatic carbocycles. The first-order valence-electron chi connectivity index (χ1n) is 8.76. The summed E-state index contributed by atoms with van der Waals surface area (Å²) >= 11 is 0. The summed E-state index contributed by atoms with van der Waals surface area (Å²) in [6, 6.07) is 7.61. The smallest absolute Gasteiger partial charge is 0.0291 e. The molecule has 0 radical (unpaired) electrons. The van der Waals surface area contributed by atoms with Crippen molar-refractivity contribution in [2.45, 2.75) is 51.5 Å². The molecule has 1 aromatic rings. The van der Waals surface area contributed by atoms with Gasteiger partial charge in [0.05, 0.1) is 0 Å². The molecule has 0 bridgehead atoms. The van der Waals surface area contributed by atoms with Crippen molar-refractivity contribution in [3.63, 3.8) is 0 Å². The molecule has 0 amide bonds. The Labute approximate surface area is 129 Å². The van der Waals surface area contributed by atoms with Crippen molar-refractivity contribution in [3.8, 4) is 0 Å². The largest absolute Gasteiger partial charge is 0.310 e. The number of hydrogen-bond acceptors (Lipinski definition) is 2. The van der Waals surface area contributed by atoms with E-state index in [1.54, 1.807) is 11.1 Å². The van der Waals surface area contributed by atoms with E-state index in [0.717, 1.165) is 12.5 Å². The second-order valence-corrected chi connectivity index (χ2v) is 7.09. The fourth-order valence-corrected chi connectivity index (χ4v) is 3.83. The highest BCUT2D eigenvalue weighted by Crippen LogP contribution is 2.25. The molecule has 1 N–H and O–H groups in total. The van der Waals surface area contributed by atoms with Crippen molar-refractivity contribution >= 4 is 0 Å². The number of hydrogen-bond donors (Lipinski definition) is 1. The van der Waals surface area contributed by atoms with Crippen LogP contribution in [0.4, 0.5) is 0 Å². The van der Waals surface area contributed by atoms with E-state index in [1.165, 1.54) is 57.2 Å². The minimum atomic E-state index is 0.488. The van der Waals surface area contributed by atoms with Crippen LogP contribution in [0.5, 0.6) is 0 Å². The zero-order chi connectivity index (χ0) is 14.7. The summed E-state index contributed by atoms with van der Waals surface area (Å²) in [5, 5.41) is 3.73. The zero-order valence-corrected chi connectivity index (χ0v) is 13.7. The van der Waals surface area contributed by atoms with Gasteiger partial charge in [-0.3, -0.25) is 0 Å². The molecule has 1 aromatic carbocycles. The third kappa shape index (κ3) is 3.87. The molecule has 0 aromatic heterocycles. The molecule has 1 fully saturated rings. The molecule has 1 aliphatic heterocycles. The molecule has 1 unspecified atom stereocenters. The second kappa shape index (κ2) is 6.93. The van der Waals surface area contributed by atoms with Crippen LogP contribution in [-0.2, 0) is 12.8 Å². The van der Waals surface area contributed by atoms with Gasteiger partial charge in [-0.15, -0.1) is 0 Å². The van der Waals surface area contributed by atoms with E-state index in [4.69, 9.17) is 0 Å². The molecule has 116 valence electrons. The molecule has 1 heterocycles. The van der Waals surface area contributed by atoms with Crippen molar-refractivity contribution in [2.24, 2.45) is 5.92 Å². The van der Waals surface area contributed by atoms with Gasteiger partial charge in [-0.05, 0) is 94.7 Å². The van der Waals surface area contributed by atoms with E-state index in [-0.39, 0.29) is 0 Å². The third-order valence-electron chi connectivity index (χ3n) is 5.46. The quantitative estimate of drug-likeness (QED) is 0.890. The highest BCUT2D eigenvalue weighted by molar-refractivity contribution is 5.36. The Bertz CT molecular complexity index is 461. The van der Waals surface area contributed by atoms with E-state index >= 15 is 0 Å². The maximum absolute atomic E-state index is 3.73. The standard InChI is InChI=1S/C19H30N2/c1-15(18-7-6-17-4-3-5-19(17)14-18)20-11-8-16-9-12-21(2)13-10-16/h6-7,14-16,20H,3-5,8-13H2,1-2H3. The minimum Gasteiger partial charge on any atom is -0.310 e. The van der Waals surface area contributed by atoms with Crippen molar-refractivity contribution < 1.29 is 0 Å².